The van der Waals surface area contributed by atoms with Crippen LogP contribution in [-0.4, -0.2) is 34.5 Å². The lowest BCUT2D eigenvalue weighted by Gasteiger charge is -2.24. The van der Waals surface area contributed by atoms with Gasteiger partial charge in [0.2, 0.25) is 0 Å². The summed E-state index contributed by atoms with van der Waals surface area (Å²) in [6, 6.07) is 5.27. The molecule has 98 valence electrons. The molecule has 1 atom stereocenters. The van der Waals surface area contributed by atoms with E-state index in [0.29, 0.717) is 11.6 Å². The highest BCUT2D eigenvalue weighted by Gasteiger charge is 2.21. The van der Waals surface area contributed by atoms with Gasteiger partial charge in [0.15, 0.2) is 0 Å². The Morgan fingerprint density at radius 2 is 2.39 bits per heavy atom. The molecule has 2 nitrogen and oxygen atoms in total. The van der Waals surface area contributed by atoms with Gasteiger partial charge in [-0.1, -0.05) is 18.3 Å². The van der Waals surface area contributed by atoms with Crippen LogP contribution in [-0.2, 0) is 6.54 Å². The van der Waals surface area contributed by atoms with Crippen molar-refractivity contribution in [2.75, 3.05) is 18.6 Å². The molecule has 1 heterocycles. The molecule has 0 aliphatic carbocycles. The third kappa shape index (κ3) is 3.22. The van der Waals surface area contributed by atoms with E-state index >= 15 is 0 Å². The van der Waals surface area contributed by atoms with Crippen LogP contribution in [0.5, 0.6) is 0 Å². The van der Waals surface area contributed by atoms with E-state index in [0.717, 1.165) is 12.1 Å². The lowest BCUT2D eigenvalue weighted by atomic mass is 10.1. The van der Waals surface area contributed by atoms with Crippen molar-refractivity contribution in [3.8, 4) is 0 Å². The van der Waals surface area contributed by atoms with Gasteiger partial charge in [-0.15, -0.1) is 0 Å². The maximum Gasteiger partial charge on any atom is 0.123 e. The van der Waals surface area contributed by atoms with Crippen LogP contribution in [0.1, 0.15) is 17.5 Å². The third-order valence-electron chi connectivity index (χ3n) is 3.29. The van der Waals surface area contributed by atoms with Crippen molar-refractivity contribution in [2.45, 2.75) is 19.0 Å². The van der Waals surface area contributed by atoms with E-state index in [1.165, 1.54) is 30.1 Å². The van der Waals surface area contributed by atoms with Crippen molar-refractivity contribution in [1.29, 1.82) is 0 Å². The molecule has 0 saturated carbocycles. The lowest BCUT2D eigenvalue weighted by molar-refractivity contribution is 0.254. The summed E-state index contributed by atoms with van der Waals surface area (Å²) in [6.07, 6.45) is 1.21. The normalized spacial score (nSPS) is 19.4. The molecule has 1 fully saturated rings. The van der Waals surface area contributed by atoms with Crippen molar-refractivity contribution in [3.63, 3.8) is 0 Å². The monoisotopic (exact) mass is 284 g/mol. The molecule has 2 N–H and O–H groups in total. The highest BCUT2D eigenvalue weighted by Crippen LogP contribution is 2.23. The Bertz CT molecular complexity index is 445. The Morgan fingerprint density at radius 1 is 1.61 bits per heavy atom. The van der Waals surface area contributed by atoms with Gasteiger partial charge in [0.05, 0.1) is 0 Å². The van der Waals surface area contributed by atoms with Gasteiger partial charge in [-0.25, -0.2) is 4.39 Å². The summed E-state index contributed by atoms with van der Waals surface area (Å²) < 4.78 is 13.2. The molecule has 0 bridgehead atoms. The maximum absolute atomic E-state index is 13.2. The molecule has 18 heavy (non-hydrogen) atoms. The van der Waals surface area contributed by atoms with Gasteiger partial charge < -0.3 is 5.73 Å². The molecule has 1 aromatic rings. The van der Waals surface area contributed by atoms with E-state index in [9.17, 15) is 4.39 Å². The minimum atomic E-state index is -0.291. The van der Waals surface area contributed by atoms with E-state index in [1.807, 2.05) is 11.8 Å². The molecule has 1 saturated heterocycles. The summed E-state index contributed by atoms with van der Waals surface area (Å²) in [4.78, 5) is 2.56. The first-order valence-electron chi connectivity index (χ1n) is 5.94. The Kier molecular flexibility index (Phi) is 4.59. The van der Waals surface area contributed by atoms with Gasteiger partial charge in [-0.2, -0.15) is 11.8 Å². The van der Waals surface area contributed by atoms with E-state index in [4.69, 9.17) is 18.0 Å². The van der Waals surface area contributed by atoms with Crippen LogP contribution < -0.4 is 5.73 Å². The van der Waals surface area contributed by atoms with Crippen LogP contribution in [0.3, 0.4) is 0 Å². The molecule has 1 unspecified atom stereocenters. The molecule has 1 aliphatic heterocycles. The quantitative estimate of drug-likeness (QED) is 0.860. The van der Waals surface area contributed by atoms with E-state index in [1.54, 1.807) is 6.07 Å². The highest BCUT2D eigenvalue weighted by atomic mass is 32.2. The molecule has 1 aliphatic rings. The van der Waals surface area contributed by atoms with Crippen LogP contribution in [0.25, 0.3) is 0 Å². The molecule has 0 radical (unpaired) electrons. The fourth-order valence-electron chi connectivity index (χ4n) is 2.18. The van der Waals surface area contributed by atoms with Gasteiger partial charge in [0, 0.05) is 23.9 Å². The SMILES string of the molecule is CN(Cc1ccc(F)cc1C(N)=S)C1CCSC1. The molecule has 0 spiro atoms. The standard InChI is InChI=1S/C13H17FN2S2/c1-16(11-4-5-18-8-11)7-9-2-3-10(14)6-12(9)13(15)17/h2-3,6,11H,4-5,7-8H2,1H3,(H2,15,17). The summed E-state index contributed by atoms with van der Waals surface area (Å²) in [7, 11) is 2.10. The molecule has 5 heteroatoms. The number of rotatable bonds is 4. The molecule has 2 rings (SSSR count). The van der Waals surface area contributed by atoms with Crippen LogP contribution in [0.15, 0.2) is 18.2 Å². The molecular weight excluding hydrogens is 267 g/mol. The molecule has 0 aromatic heterocycles. The average molecular weight is 284 g/mol. The summed E-state index contributed by atoms with van der Waals surface area (Å²) in [6.45, 7) is 0.762. The Labute approximate surface area is 117 Å². The second-order valence-corrected chi connectivity index (χ2v) is 6.19. The largest absolute Gasteiger partial charge is 0.389 e. The van der Waals surface area contributed by atoms with Crippen molar-refractivity contribution in [3.05, 3.63) is 35.1 Å². The van der Waals surface area contributed by atoms with Gasteiger partial charge >= 0.3 is 0 Å². The molecule has 1 aromatic carbocycles. The predicted molar refractivity (Wildman–Crippen MR) is 79.5 cm³/mol. The van der Waals surface area contributed by atoms with Crippen molar-refractivity contribution in [2.24, 2.45) is 5.73 Å². The van der Waals surface area contributed by atoms with Crippen LogP contribution >= 0.6 is 24.0 Å². The highest BCUT2D eigenvalue weighted by molar-refractivity contribution is 7.99. The van der Waals surface area contributed by atoms with Crippen molar-refractivity contribution >= 4 is 29.0 Å². The zero-order valence-corrected chi connectivity index (χ0v) is 12.0. The smallest absolute Gasteiger partial charge is 0.123 e. The number of hydrogen-bond donors (Lipinski definition) is 1. The van der Waals surface area contributed by atoms with Gasteiger partial charge in [-0.05, 0) is 36.9 Å². The number of thioether (sulfide) groups is 1. The third-order valence-corrected chi connectivity index (χ3v) is 4.65. The second-order valence-electron chi connectivity index (χ2n) is 4.60. The Balaban J connectivity index is 2.15. The van der Waals surface area contributed by atoms with Crippen molar-refractivity contribution in [1.82, 2.24) is 4.90 Å². The number of nitrogens with two attached hydrogens (primary N) is 1. The number of thiocarbonyl (C=S) groups is 1. The summed E-state index contributed by atoms with van der Waals surface area (Å²) >= 11 is 6.97. The zero-order chi connectivity index (χ0) is 13.1. The van der Waals surface area contributed by atoms with Crippen LogP contribution in [0, 0.1) is 5.82 Å². The zero-order valence-electron chi connectivity index (χ0n) is 10.4. The summed E-state index contributed by atoms with van der Waals surface area (Å²) in [5, 5.41) is 0. The van der Waals surface area contributed by atoms with Crippen LogP contribution in [0.2, 0.25) is 0 Å². The fourth-order valence-corrected chi connectivity index (χ4v) is 3.67. The van der Waals surface area contributed by atoms with Gasteiger partial charge in [-0.3, -0.25) is 4.90 Å². The number of halogens is 1. The molecule has 0 amide bonds. The second kappa shape index (κ2) is 5.99. The van der Waals surface area contributed by atoms with Gasteiger partial charge in [0.1, 0.15) is 10.8 Å². The summed E-state index contributed by atoms with van der Waals surface area (Å²) in [5.74, 6) is 2.10. The minimum Gasteiger partial charge on any atom is -0.389 e. The van der Waals surface area contributed by atoms with E-state index < -0.39 is 0 Å². The fraction of sp³-hybridized carbons (Fsp3) is 0.462. The van der Waals surface area contributed by atoms with Crippen LogP contribution in [0.4, 0.5) is 4.39 Å². The predicted octanol–water partition coefficient (Wildman–Crippen LogP) is 2.40. The molecular formula is C13H17FN2S2. The van der Waals surface area contributed by atoms with E-state index in [-0.39, 0.29) is 10.8 Å². The van der Waals surface area contributed by atoms with Crippen molar-refractivity contribution < 1.29 is 4.39 Å². The Hall–Kier alpha value is -0.650. The Morgan fingerprint density at radius 3 is 3.00 bits per heavy atom. The number of benzene rings is 1. The lowest BCUT2D eigenvalue weighted by Crippen LogP contribution is -2.31. The number of nitrogens with zero attached hydrogens (tertiary/aromatic N) is 1. The van der Waals surface area contributed by atoms with E-state index in [2.05, 4.69) is 11.9 Å². The summed E-state index contributed by atoms with van der Waals surface area (Å²) in [5.41, 5.74) is 7.31. The first-order valence-corrected chi connectivity index (χ1v) is 7.50. The first kappa shape index (κ1) is 13.8. The number of hydrogen-bond acceptors (Lipinski definition) is 3. The topological polar surface area (TPSA) is 29.3 Å². The average Bonchev–Trinajstić information content (AvgIpc) is 2.84. The minimum absolute atomic E-state index is 0.263. The maximum atomic E-state index is 13.2. The first-order chi connectivity index (χ1) is 8.58. The van der Waals surface area contributed by atoms with Gasteiger partial charge in [0.25, 0.3) is 0 Å².